The van der Waals surface area contributed by atoms with E-state index in [0.717, 1.165) is 6.42 Å². The highest BCUT2D eigenvalue weighted by Gasteiger charge is 2.28. The van der Waals surface area contributed by atoms with Crippen LogP contribution in [0, 0.1) is 0 Å². The Balaban J connectivity index is 1.99. The Morgan fingerprint density at radius 2 is 1.97 bits per heavy atom. The number of nitrogens with zero attached hydrogens (tertiary/aromatic N) is 4. The van der Waals surface area contributed by atoms with Gasteiger partial charge in [-0.2, -0.15) is 4.31 Å². The average Bonchev–Trinajstić information content (AvgIpc) is 3.22. The van der Waals surface area contributed by atoms with Gasteiger partial charge in [0.15, 0.2) is 11.0 Å². The maximum Gasteiger partial charge on any atom is 0.318 e. The van der Waals surface area contributed by atoms with E-state index in [1.165, 1.54) is 23.2 Å². The second kappa shape index (κ2) is 10.1. The lowest BCUT2D eigenvalue weighted by Gasteiger charge is -2.26. The number of carbonyl (C=O) groups excluding carboxylic acids is 1. The molecule has 0 amide bonds. The summed E-state index contributed by atoms with van der Waals surface area (Å²) in [6.45, 7) is 7.28. The van der Waals surface area contributed by atoms with Crippen molar-refractivity contribution in [2.45, 2.75) is 48.5 Å². The van der Waals surface area contributed by atoms with Gasteiger partial charge in [-0.3, -0.25) is 9.36 Å². The molecule has 1 aliphatic rings. The van der Waals surface area contributed by atoms with Crippen molar-refractivity contribution < 1.29 is 22.7 Å². The summed E-state index contributed by atoms with van der Waals surface area (Å²) in [5.74, 6) is 0.219. The lowest BCUT2D eigenvalue weighted by molar-refractivity contribution is -0.139. The van der Waals surface area contributed by atoms with Gasteiger partial charge in [0.25, 0.3) is 0 Å². The first kappa shape index (κ1) is 23.7. The van der Waals surface area contributed by atoms with Crippen LogP contribution in [0.1, 0.15) is 33.2 Å². The number of ether oxygens (including phenoxy) is 2. The molecule has 3 rings (SSSR count). The molecule has 2 aromatic rings. The molecular weight excluding hydrogens is 440 g/mol. The van der Waals surface area contributed by atoms with Crippen LogP contribution in [0.25, 0.3) is 11.4 Å². The van der Waals surface area contributed by atoms with Gasteiger partial charge < -0.3 is 9.47 Å². The Bertz CT molecular complexity index is 1020. The predicted molar refractivity (Wildman–Crippen MR) is 117 cm³/mol. The number of hydrogen-bond acceptors (Lipinski definition) is 8. The zero-order valence-electron chi connectivity index (χ0n) is 18.1. The molecule has 2 heterocycles. The van der Waals surface area contributed by atoms with Crippen LogP contribution in [0.15, 0.2) is 34.3 Å². The second-order valence-electron chi connectivity index (χ2n) is 7.26. The number of thioether (sulfide) groups is 1. The summed E-state index contributed by atoms with van der Waals surface area (Å²) in [6.07, 6.45) is 0.816. The number of benzene rings is 1. The molecular formula is C20H28N4O5S2. The summed E-state index contributed by atoms with van der Waals surface area (Å²) in [5, 5.41) is 8.77. The molecule has 170 valence electrons. The number of aromatic nitrogens is 3. The third-order valence-corrected chi connectivity index (χ3v) is 8.14. The fourth-order valence-corrected chi connectivity index (χ4v) is 5.67. The normalized spacial score (nSPS) is 17.3. The molecule has 1 aromatic heterocycles. The second-order valence-corrected chi connectivity index (χ2v) is 10.5. The third kappa shape index (κ3) is 5.11. The minimum Gasteiger partial charge on any atom is -0.468 e. The fourth-order valence-electron chi connectivity index (χ4n) is 3.24. The van der Waals surface area contributed by atoms with Crippen molar-refractivity contribution in [3.05, 3.63) is 24.3 Å². The molecule has 1 aromatic carbocycles. The first-order chi connectivity index (χ1) is 14.8. The summed E-state index contributed by atoms with van der Waals surface area (Å²) in [5.41, 5.74) is 0.653. The lowest BCUT2D eigenvalue weighted by Crippen LogP contribution is -2.40. The lowest BCUT2D eigenvalue weighted by atomic mass is 10.2. The quantitative estimate of drug-likeness (QED) is 0.430. The Labute approximate surface area is 187 Å². The van der Waals surface area contributed by atoms with Crippen LogP contribution >= 0.6 is 11.8 Å². The standard InChI is InChI=1S/C20H28N4O5S2/c1-5-14(2)24-18(21-22-20(24)30-15(3)19(25)28-4)16-7-6-8-17(13-16)31(26,27)23-9-11-29-12-10-23/h6-8,13-15H,5,9-12H2,1-4H3/t14-,15-/m1/s1. The first-order valence-corrected chi connectivity index (χ1v) is 12.5. The maximum atomic E-state index is 13.1. The van der Waals surface area contributed by atoms with Crippen LogP contribution in [-0.4, -0.2) is 72.1 Å². The van der Waals surface area contributed by atoms with Crippen LogP contribution < -0.4 is 0 Å². The molecule has 0 N–H and O–H groups in total. The molecule has 0 bridgehead atoms. The van der Waals surface area contributed by atoms with Crippen molar-refractivity contribution in [2.24, 2.45) is 0 Å². The average molecular weight is 469 g/mol. The molecule has 1 saturated heterocycles. The first-order valence-electron chi connectivity index (χ1n) is 10.2. The number of rotatable bonds is 8. The third-order valence-electron chi connectivity index (χ3n) is 5.21. The van der Waals surface area contributed by atoms with Gasteiger partial charge in [-0.05, 0) is 32.4 Å². The molecule has 9 nitrogen and oxygen atoms in total. The number of carbonyl (C=O) groups is 1. The topological polar surface area (TPSA) is 104 Å². The van der Waals surface area contributed by atoms with Crippen molar-refractivity contribution in [3.63, 3.8) is 0 Å². The molecule has 31 heavy (non-hydrogen) atoms. The van der Waals surface area contributed by atoms with Gasteiger partial charge in [0.1, 0.15) is 5.25 Å². The Hall–Kier alpha value is -1.95. The zero-order valence-corrected chi connectivity index (χ0v) is 19.8. The number of hydrogen-bond donors (Lipinski definition) is 0. The zero-order chi connectivity index (χ0) is 22.6. The van der Waals surface area contributed by atoms with Gasteiger partial charge in [-0.1, -0.05) is 30.8 Å². The summed E-state index contributed by atoms with van der Waals surface area (Å²) in [6, 6.07) is 6.80. The van der Waals surface area contributed by atoms with Crippen molar-refractivity contribution in [3.8, 4) is 11.4 Å². The van der Waals surface area contributed by atoms with Crippen molar-refractivity contribution in [1.29, 1.82) is 0 Å². The fraction of sp³-hybridized carbons (Fsp3) is 0.550. The SMILES string of the molecule is CC[C@@H](C)n1c(S[C@H](C)C(=O)OC)nnc1-c1cccc(S(=O)(=O)N2CCOCC2)c1. The maximum absolute atomic E-state index is 13.1. The van der Waals surface area contributed by atoms with Crippen LogP contribution in [0.3, 0.4) is 0 Å². The summed E-state index contributed by atoms with van der Waals surface area (Å²) < 4.78 is 39.6. The van der Waals surface area contributed by atoms with Crippen molar-refractivity contribution >= 4 is 27.8 Å². The van der Waals surface area contributed by atoms with Gasteiger partial charge in [0.05, 0.1) is 25.2 Å². The number of morpholine rings is 1. The Morgan fingerprint density at radius 3 is 2.61 bits per heavy atom. The largest absolute Gasteiger partial charge is 0.468 e. The van der Waals surface area contributed by atoms with E-state index in [-0.39, 0.29) is 16.9 Å². The van der Waals surface area contributed by atoms with Crippen LogP contribution in [0.5, 0.6) is 0 Å². The Morgan fingerprint density at radius 1 is 1.26 bits per heavy atom. The van der Waals surface area contributed by atoms with Crippen molar-refractivity contribution in [2.75, 3.05) is 33.4 Å². The number of sulfonamides is 1. The number of esters is 1. The molecule has 0 saturated carbocycles. The van der Waals surface area contributed by atoms with E-state index < -0.39 is 15.3 Å². The predicted octanol–water partition coefficient (Wildman–Crippen LogP) is 2.59. The van der Waals surface area contributed by atoms with E-state index in [0.29, 0.717) is 42.8 Å². The van der Waals surface area contributed by atoms with Gasteiger partial charge in [-0.15, -0.1) is 10.2 Å². The van der Waals surface area contributed by atoms with Crippen LogP contribution in [0.2, 0.25) is 0 Å². The molecule has 0 radical (unpaired) electrons. The monoisotopic (exact) mass is 468 g/mol. The van der Waals surface area contributed by atoms with Gasteiger partial charge in [0, 0.05) is 24.7 Å². The highest BCUT2D eigenvalue weighted by atomic mass is 32.2. The highest BCUT2D eigenvalue weighted by Crippen LogP contribution is 2.32. The molecule has 0 spiro atoms. The Kier molecular flexibility index (Phi) is 7.73. The molecule has 1 fully saturated rings. The minimum atomic E-state index is -3.63. The van der Waals surface area contributed by atoms with E-state index in [2.05, 4.69) is 10.2 Å². The minimum absolute atomic E-state index is 0.0526. The smallest absolute Gasteiger partial charge is 0.318 e. The summed E-state index contributed by atoms with van der Waals surface area (Å²) in [4.78, 5) is 12.1. The van der Waals surface area contributed by atoms with E-state index in [4.69, 9.17) is 9.47 Å². The van der Waals surface area contributed by atoms with Crippen LogP contribution in [0.4, 0.5) is 0 Å². The van der Waals surface area contributed by atoms with Gasteiger partial charge >= 0.3 is 5.97 Å². The molecule has 1 aliphatic heterocycles. The highest BCUT2D eigenvalue weighted by molar-refractivity contribution is 8.00. The van der Waals surface area contributed by atoms with Gasteiger partial charge in [0.2, 0.25) is 10.0 Å². The van der Waals surface area contributed by atoms with E-state index in [1.54, 1.807) is 25.1 Å². The molecule has 11 heteroatoms. The van der Waals surface area contributed by atoms with E-state index in [9.17, 15) is 13.2 Å². The molecule has 0 aliphatic carbocycles. The molecule has 2 atom stereocenters. The van der Waals surface area contributed by atoms with Gasteiger partial charge in [-0.25, -0.2) is 8.42 Å². The molecule has 0 unspecified atom stereocenters. The van der Waals surface area contributed by atoms with Crippen LogP contribution in [-0.2, 0) is 24.3 Å². The van der Waals surface area contributed by atoms with E-state index in [1.807, 2.05) is 24.5 Å². The number of methoxy groups -OCH3 is 1. The van der Waals surface area contributed by atoms with E-state index >= 15 is 0 Å². The summed E-state index contributed by atoms with van der Waals surface area (Å²) >= 11 is 1.27. The summed E-state index contributed by atoms with van der Waals surface area (Å²) in [7, 11) is -2.28. The van der Waals surface area contributed by atoms with Crippen molar-refractivity contribution in [1.82, 2.24) is 19.1 Å².